The van der Waals surface area contributed by atoms with E-state index in [2.05, 4.69) is 15.0 Å². The molecule has 0 spiro atoms. The maximum atomic E-state index is 10.3. The summed E-state index contributed by atoms with van der Waals surface area (Å²) in [4.78, 5) is 22.7. The zero-order chi connectivity index (χ0) is 7.68. The average molecular weight is 165 g/mol. The number of hydrogen-bond donors (Lipinski definition) is 0. The van der Waals surface area contributed by atoms with E-state index >= 15 is 0 Å². The lowest BCUT2D eigenvalue weighted by molar-refractivity contribution is 0.112. The van der Waals surface area contributed by atoms with Crippen LogP contribution in [0.5, 0.6) is 0 Å². The largest absolute Gasteiger partial charge is 0.295 e. The van der Waals surface area contributed by atoms with Gasteiger partial charge < -0.3 is 0 Å². The van der Waals surface area contributed by atoms with Crippen molar-refractivity contribution in [1.29, 1.82) is 0 Å². The Kier molecular flexibility index (Phi) is 1.36. The highest BCUT2D eigenvalue weighted by Crippen LogP contribution is 2.16. The van der Waals surface area contributed by atoms with Gasteiger partial charge in [0.05, 0.1) is 6.20 Å². The van der Waals surface area contributed by atoms with Gasteiger partial charge in [-0.3, -0.25) is 4.79 Å². The summed E-state index contributed by atoms with van der Waals surface area (Å²) in [5, 5.41) is 0.445. The standard InChI is InChI=1S/C6H3N3OS/c10-2-5-9-4-1-7-3-8-6(4)11-5/h1-3H. The van der Waals surface area contributed by atoms with Crippen molar-refractivity contribution in [1.82, 2.24) is 15.0 Å². The predicted octanol–water partition coefficient (Wildman–Crippen LogP) is 0.899. The summed E-state index contributed by atoms with van der Waals surface area (Å²) in [6.45, 7) is 0. The van der Waals surface area contributed by atoms with Crippen LogP contribution >= 0.6 is 11.3 Å². The van der Waals surface area contributed by atoms with Crippen molar-refractivity contribution >= 4 is 28.0 Å². The molecule has 0 amide bonds. The molecule has 0 radical (unpaired) electrons. The fourth-order valence-corrected chi connectivity index (χ4v) is 1.45. The molecule has 0 bridgehead atoms. The molecular weight excluding hydrogens is 162 g/mol. The van der Waals surface area contributed by atoms with E-state index in [4.69, 9.17) is 0 Å². The molecule has 0 atom stereocenters. The van der Waals surface area contributed by atoms with E-state index < -0.39 is 0 Å². The Labute approximate surface area is 65.9 Å². The molecule has 5 heteroatoms. The number of carbonyl (C=O) groups excluding carboxylic acids is 1. The van der Waals surface area contributed by atoms with Gasteiger partial charge >= 0.3 is 0 Å². The first kappa shape index (κ1) is 6.36. The minimum atomic E-state index is 0.445. The fraction of sp³-hybridized carbons (Fsp3) is 0. The molecule has 0 aliphatic rings. The highest BCUT2D eigenvalue weighted by Gasteiger charge is 2.01. The monoisotopic (exact) mass is 165 g/mol. The first-order valence-corrected chi connectivity index (χ1v) is 3.73. The third kappa shape index (κ3) is 0.988. The van der Waals surface area contributed by atoms with Crippen molar-refractivity contribution in [3.8, 4) is 0 Å². The zero-order valence-corrected chi connectivity index (χ0v) is 6.21. The lowest BCUT2D eigenvalue weighted by Crippen LogP contribution is -1.76. The van der Waals surface area contributed by atoms with Crippen LogP contribution in [0.2, 0.25) is 0 Å². The number of nitrogens with zero attached hydrogens (tertiary/aromatic N) is 3. The van der Waals surface area contributed by atoms with E-state index in [-0.39, 0.29) is 0 Å². The Balaban J connectivity index is 2.78. The molecule has 0 N–H and O–H groups in total. The summed E-state index contributed by atoms with van der Waals surface area (Å²) in [5.41, 5.74) is 0.680. The van der Waals surface area contributed by atoms with Gasteiger partial charge in [-0.25, -0.2) is 15.0 Å². The summed E-state index contributed by atoms with van der Waals surface area (Å²) in [7, 11) is 0. The number of rotatable bonds is 1. The molecule has 2 heterocycles. The molecule has 0 fully saturated rings. The van der Waals surface area contributed by atoms with Gasteiger partial charge in [0.1, 0.15) is 16.7 Å². The van der Waals surface area contributed by atoms with Crippen molar-refractivity contribution < 1.29 is 4.79 Å². The molecular formula is C6H3N3OS. The Morgan fingerprint density at radius 2 is 2.45 bits per heavy atom. The van der Waals surface area contributed by atoms with Gasteiger partial charge in [0.25, 0.3) is 0 Å². The fourth-order valence-electron chi connectivity index (χ4n) is 0.757. The van der Waals surface area contributed by atoms with Gasteiger partial charge in [-0.05, 0) is 0 Å². The van der Waals surface area contributed by atoms with Crippen LogP contribution < -0.4 is 0 Å². The molecule has 2 aromatic heterocycles. The minimum Gasteiger partial charge on any atom is -0.295 e. The van der Waals surface area contributed by atoms with Crippen molar-refractivity contribution in [3.63, 3.8) is 0 Å². The van der Waals surface area contributed by atoms with Crippen LogP contribution in [-0.2, 0) is 0 Å². The second-order valence-corrected chi connectivity index (χ2v) is 2.89. The van der Waals surface area contributed by atoms with Crippen molar-refractivity contribution in [2.45, 2.75) is 0 Å². The second-order valence-electron chi connectivity index (χ2n) is 1.88. The quantitative estimate of drug-likeness (QED) is 0.589. The number of hydrogen-bond acceptors (Lipinski definition) is 5. The van der Waals surface area contributed by atoms with Gasteiger partial charge in [-0.15, -0.1) is 0 Å². The Morgan fingerprint density at radius 3 is 3.18 bits per heavy atom. The van der Waals surface area contributed by atoms with Crippen LogP contribution in [0.3, 0.4) is 0 Å². The normalized spacial score (nSPS) is 10.2. The summed E-state index contributed by atoms with van der Waals surface area (Å²) in [6.07, 6.45) is 3.74. The lowest BCUT2D eigenvalue weighted by Gasteiger charge is -1.79. The third-order valence-electron chi connectivity index (χ3n) is 1.19. The zero-order valence-electron chi connectivity index (χ0n) is 5.39. The summed E-state index contributed by atoms with van der Waals surface area (Å²) < 4.78 is 0. The molecule has 0 unspecified atom stereocenters. The van der Waals surface area contributed by atoms with E-state index in [1.165, 1.54) is 17.7 Å². The molecule has 2 aromatic rings. The van der Waals surface area contributed by atoms with Crippen LogP contribution in [0.1, 0.15) is 9.80 Å². The highest BCUT2D eigenvalue weighted by atomic mass is 32.1. The number of aromatic nitrogens is 3. The molecule has 0 aliphatic heterocycles. The van der Waals surface area contributed by atoms with E-state index in [0.717, 1.165) is 4.83 Å². The first-order chi connectivity index (χ1) is 5.40. The smallest absolute Gasteiger partial charge is 0.178 e. The van der Waals surface area contributed by atoms with Crippen LogP contribution in [0, 0.1) is 0 Å². The summed E-state index contributed by atoms with van der Waals surface area (Å²) in [5.74, 6) is 0. The number of aldehydes is 1. The van der Waals surface area contributed by atoms with Crippen molar-refractivity contribution in [2.24, 2.45) is 0 Å². The Bertz CT molecular complexity index is 364. The molecule has 0 aromatic carbocycles. The average Bonchev–Trinajstić information content (AvgIpc) is 2.46. The summed E-state index contributed by atoms with van der Waals surface area (Å²) >= 11 is 1.27. The highest BCUT2D eigenvalue weighted by molar-refractivity contribution is 7.19. The molecule has 11 heavy (non-hydrogen) atoms. The molecule has 2 rings (SSSR count). The van der Waals surface area contributed by atoms with Gasteiger partial charge in [0.15, 0.2) is 11.3 Å². The SMILES string of the molecule is O=Cc1nc2cncnc2s1. The van der Waals surface area contributed by atoms with Crippen LogP contribution in [0.25, 0.3) is 10.3 Å². The maximum absolute atomic E-state index is 10.3. The maximum Gasteiger partial charge on any atom is 0.178 e. The van der Waals surface area contributed by atoms with Crippen LogP contribution in [0.4, 0.5) is 0 Å². The topological polar surface area (TPSA) is 55.7 Å². The van der Waals surface area contributed by atoms with Crippen molar-refractivity contribution in [3.05, 3.63) is 17.5 Å². The predicted molar refractivity (Wildman–Crippen MR) is 40.6 cm³/mol. The Hall–Kier alpha value is -1.36. The van der Waals surface area contributed by atoms with E-state index in [9.17, 15) is 4.79 Å². The van der Waals surface area contributed by atoms with E-state index in [0.29, 0.717) is 16.8 Å². The van der Waals surface area contributed by atoms with Gasteiger partial charge in [0.2, 0.25) is 0 Å². The van der Waals surface area contributed by atoms with Crippen molar-refractivity contribution in [2.75, 3.05) is 0 Å². The van der Waals surface area contributed by atoms with Gasteiger partial charge in [-0.1, -0.05) is 11.3 Å². The second kappa shape index (κ2) is 2.35. The summed E-state index contributed by atoms with van der Waals surface area (Å²) in [6, 6.07) is 0. The third-order valence-corrected chi connectivity index (χ3v) is 2.09. The Morgan fingerprint density at radius 1 is 1.55 bits per heavy atom. The first-order valence-electron chi connectivity index (χ1n) is 2.92. The minimum absolute atomic E-state index is 0.445. The van der Waals surface area contributed by atoms with E-state index in [1.54, 1.807) is 6.20 Å². The van der Waals surface area contributed by atoms with Crippen LogP contribution in [0.15, 0.2) is 12.5 Å². The molecule has 0 aliphatic carbocycles. The van der Waals surface area contributed by atoms with E-state index in [1.807, 2.05) is 0 Å². The number of carbonyl (C=O) groups is 1. The number of thiazole rings is 1. The lowest BCUT2D eigenvalue weighted by atomic mass is 10.6. The molecule has 4 nitrogen and oxygen atoms in total. The molecule has 54 valence electrons. The molecule has 0 saturated carbocycles. The van der Waals surface area contributed by atoms with Gasteiger partial charge in [0, 0.05) is 0 Å². The molecule has 0 saturated heterocycles. The van der Waals surface area contributed by atoms with Gasteiger partial charge in [-0.2, -0.15) is 0 Å². The van der Waals surface area contributed by atoms with Crippen LogP contribution in [-0.4, -0.2) is 21.2 Å². The number of fused-ring (bicyclic) bond motifs is 1.